The van der Waals surface area contributed by atoms with Gasteiger partial charge in [0.15, 0.2) is 5.16 Å². The second-order valence-electron chi connectivity index (χ2n) is 6.02. The SMILES string of the molecule is CSc1nc(C)c(CCC(=O)N[C@H](C)c2cc(C)oc2C)c(C)n1. The van der Waals surface area contributed by atoms with Crippen LogP contribution in [0.3, 0.4) is 0 Å². The third-order valence-corrected chi connectivity index (χ3v) is 4.66. The zero-order chi connectivity index (χ0) is 17.9. The van der Waals surface area contributed by atoms with Gasteiger partial charge in [0.2, 0.25) is 5.91 Å². The molecule has 0 saturated heterocycles. The summed E-state index contributed by atoms with van der Waals surface area (Å²) in [5.74, 6) is 1.74. The molecule has 0 aliphatic carbocycles. The highest BCUT2D eigenvalue weighted by Crippen LogP contribution is 2.21. The van der Waals surface area contributed by atoms with Crippen molar-refractivity contribution in [3.05, 3.63) is 40.1 Å². The van der Waals surface area contributed by atoms with Crippen LogP contribution in [0.4, 0.5) is 0 Å². The summed E-state index contributed by atoms with van der Waals surface area (Å²) in [5, 5.41) is 3.81. The van der Waals surface area contributed by atoms with Gasteiger partial charge in [-0.2, -0.15) is 0 Å². The lowest BCUT2D eigenvalue weighted by Crippen LogP contribution is -2.27. The Labute approximate surface area is 147 Å². The van der Waals surface area contributed by atoms with Gasteiger partial charge >= 0.3 is 0 Å². The lowest BCUT2D eigenvalue weighted by Gasteiger charge is -2.14. The number of furan rings is 1. The molecule has 0 spiro atoms. The molecule has 0 bridgehead atoms. The molecule has 1 amide bonds. The Hall–Kier alpha value is -1.82. The largest absolute Gasteiger partial charge is 0.466 e. The molecule has 0 unspecified atom stereocenters. The Morgan fingerprint density at radius 2 is 1.88 bits per heavy atom. The van der Waals surface area contributed by atoms with E-state index in [4.69, 9.17) is 4.42 Å². The molecular weight excluding hydrogens is 322 g/mol. The van der Waals surface area contributed by atoms with Crippen molar-refractivity contribution in [2.24, 2.45) is 0 Å². The van der Waals surface area contributed by atoms with Crippen molar-refractivity contribution < 1.29 is 9.21 Å². The first-order valence-corrected chi connectivity index (χ1v) is 9.28. The maximum absolute atomic E-state index is 12.3. The van der Waals surface area contributed by atoms with Crippen LogP contribution in [-0.2, 0) is 11.2 Å². The number of thioether (sulfide) groups is 1. The van der Waals surface area contributed by atoms with Crippen LogP contribution >= 0.6 is 11.8 Å². The van der Waals surface area contributed by atoms with Crippen LogP contribution < -0.4 is 5.32 Å². The molecule has 6 heteroatoms. The maximum Gasteiger partial charge on any atom is 0.220 e. The highest BCUT2D eigenvalue weighted by molar-refractivity contribution is 7.98. The van der Waals surface area contributed by atoms with E-state index >= 15 is 0 Å². The molecule has 130 valence electrons. The van der Waals surface area contributed by atoms with Crippen LogP contribution in [0.2, 0.25) is 0 Å². The third kappa shape index (κ3) is 4.38. The van der Waals surface area contributed by atoms with Gasteiger partial charge in [0.05, 0.1) is 6.04 Å². The first kappa shape index (κ1) is 18.5. The van der Waals surface area contributed by atoms with Gasteiger partial charge in [0, 0.05) is 23.4 Å². The average Bonchev–Trinajstić information content (AvgIpc) is 2.84. The Bertz CT molecular complexity index is 717. The number of rotatable bonds is 6. The number of nitrogens with zero attached hydrogens (tertiary/aromatic N) is 2. The van der Waals surface area contributed by atoms with Crippen molar-refractivity contribution in [1.82, 2.24) is 15.3 Å². The molecule has 2 aromatic rings. The molecule has 2 rings (SSSR count). The lowest BCUT2D eigenvalue weighted by molar-refractivity contribution is -0.121. The molecule has 0 fully saturated rings. The molecule has 0 aliphatic heterocycles. The first-order chi connectivity index (χ1) is 11.3. The number of nitrogens with one attached hydrogen (secondary N) is 1. The Balaban J connectivity index is 1.97. The van der Waals surface area contributed by atoms with E-state index in [0.29, 0.717) is 12.8 Å². The number of hydrogen-bond donors (Lipinski definition) is 1. The summed E-state index contributed by atoms with van der Waals surface area (Å²) in [6, 6.07) is 1.91. The Morgan fingerprint density at radius 1 is 1.25 bits per heavy atom. The summed E-state index contributed by atoms with van der Waals surface area (Å²) in [6.07, 6.45) is 3.03. The van der Waals surface area contributed by atoms with E-state index in [1.165, 1.54) is 11.8 Å². The summed E-state index contributed by atoms with van der Waals surface area (Å²) in [6.45, 7) is 9.75. The molecule has 2 aromatic heterocycles. The van der Waals surface area contributed by atoms with E-state index in [9.17, 15) is 4.79 Å². The fraction of sp³-hybridized carbons (Fsp3) is 0.500. The standard InChI is InChI=1S/C18H25N3O2S/c1-10-9-16(14(5)23-10)13(4)19-17(22)8-7-15-11(2)20-18(24-6)21-12(15)3/h9,13H,7-8H2,1-6H3,(H,19,22)/t13-/m1/s1. The number of amides is 1. The van der Waals surface area contributed by atoms with Crippen molar-refractivity contribution in [3.63, 3.8) is 0 Å². The van der Waals surface area contributed by atoms with Crippen molar-refractivity contribution in [3.8, 4) is 0 Å². The minimum absolute atomic E-state index is 0.0218. The molecule has 0 aliphatic rings. The summed E-state index contributed by atoms with van der Waals surface area (Å²) in [5.41, 5.74) is 4.00. The molecule has 0 radical (unpaired) electrons. The number of carbonyl (C=O) groups is 1. The van der Waals surface area contributed by atoms with Gasteiger partial charge < -0.3 is 9.73 Å². The van der Waals surface area contributed by atoms with E-state index in [2.05, 4.69) is 15.3 Å². The van der Waals surface area contributed by atoms with Gasteiger partial charge in [-0.1, -0.05) is 11.8 Å². The van der Waals surface area contributed by atoms with E-state index in [1.807, 2.05) is 46.9 Å². The molecule has 1 N–H and O–H groups in total. The quantitative estimate of drug-likeness (QED) is 0.635. The molecular formula is C18H25N3O2S. The molecule has 0 aromatic carbocycles. The third-order valence-electron chi connectivity index (χ3n) is 4.11. The van der Waals surface area contributed by atoms with E-state index < -0.39 is 0 Å². The summed E-state index contributed by atoms with van der Waals surface area (Å²) >= 11 is 1.53. The second-order valence-corrected chi connectivity index (χ2v) is 6.79. The van der Waals surface area contributed by atoms with Crippen molar-refractivity contribution in [2.75, 3.05) is 6.26 Å². The predicted molar refractivity (Wildman–Crippen MR) is 96.3 cm³/mol. The maximum atomic E-state index is 12.3. The van der Waals surface area contributed by atoms with Gasteiger partial charge in [-0.3, -0.25) is 4.79 Å². The van der Waals surface area contributed by atoms with E-state index in [0.717, 1.165) is 39.2 Å². The van der Waals surface area contributed by atoms with Gasteiger partial charge in [-0.25, -0.2) is 9.97 Å². The number of carbonyl (C=O) groups excluding carboxylic acids is 1. The van der Waals surface area contributed by atoms with Gasteiger partial charge in [-0.15, -0.1) is 0 Å². The summed E-state index contributed by atoms with van der Waals surface area (Å²) in [4.78, 5) is 21.2. The summed E-state index contributed by atoms with van der Waals surface area (Å²) in [7, 11) is 0. The second kappa shape index (κ2) is 7.83. The highest BCUT2D eigenvalue weighted by Gasteiger charge is 2.16. The monoisotopic (exact) mass is 347 g/mol. The fourth-order valence-electron chi connectivity index (χ4n) is 2.87. The Morgan fingerprint density at radius 3 is 2.38 bits per heavy atom. The van der Waals surface area contributed by atoms with Crippen molar-refractivity contribution in [2.45, 2.75) is 58.7 Å². The molecule has 24 heavy (non-hydrogen) atoms. The minimum Gasteiger partial charge on any atom is -0.466 e. The normalized spacial score (nSPS) is 12.2. The zero-order valence-corrected chi connectivity index (χ0v) is 16.0. The summed E-state index contributed by atoms with van der Waals surface area (Å²) < 4.78 is 5.53. The van der Waals surface area contributed by atoms with Gasteiger partial charge in [0.1, 0.15) is 11.5 Å². The Kier molecular flexibility index (Phi) is 6.04. The zero-order valence-electron chi connectivity index (χ0n) is 15.2. The number of aromatic nitrogens is 2. The molecule has 0 saturated carbocycles. The fourth-order valence-corrected chi connectivity index (χ4v) is 3.33. The first-order valence-electron chi connectivity index (χ1n) is 8.06. The van der Waals surface area contributed by atoms with Crippen LogP contribution in [0.25, 0.3) is 0 Å². The minimum atomic E-state index is -0.0627. The number of aryl methyl sites for hydroxylation is 4. The smallest absolute Gasteiger partial charge is 0.220 e. The number of hydrogen-bond acceptors (Lipinski definition) is 5. The lowest BCUT2D eigenvalue weighted by atomic mass is 10.1. The van der Waals surface area contributed by atoms with Gasteiger partial charge in [0.25, 0.3) is 0 Å². The van der Waals surface area contributed by atoms with Crippen molar-refractivity contribution in [1.29, 1.82) is 0 Å². The molecule has 5 nitrogen and oxygen atoms in total. The van der Waals surface area contributed by atoms with Crippen LogP contribution in [0, 0.1) is 27.7 Å². The van der Waals surface area contributed by atoms with Crippen LogP contribution in [0.5, 0.6) is 0 Å². The predicted octanol–water partition coefficient (Wildman–Crippen LogP) is 3.84. The van der Waals surface area contributed by atoms with Crippen LogP contribution in [0.1, 0.15) is 53.4 Å². The van der Waals surface area contributed by atoms with Crippen LogP contribution in [-0.4, -0.2) is 22.1 Å². The van der Waals surface area contributed by atoms with E-state index in [1.54, 1.807) is 0 Å². The average molecular weight is 347 g/mol. The molecule has 2 heterocycles. The van der Waals surface area contributed by atoms with Crippen LogP contribution in [0.15, 0.2) is 15.6 Å². The van der Waals surface area contributed by atoms with Gasteiger partial charge in [-0.05, 0) is 58.9 Å². The molecule has 1 atom stereocenters. The highest BCUT2D eigenvalue weighted by atomic mass is 32.2. The van der Waals surface area contributed by atoms with Crippen molar-refractivity contribution >= 4 is 17.7 Å². The van der Waals surface area contributed by atoms with E-state index in [-0.39, 0.29) is 11.9 Å². The topological polar surface area (TPSA) is 68.0 Å².